The maximum Gasteiger partial charge on any atom is 0.481 e. The molecule has 0 radical (unpaired) electrons. The lowest BCUT2D eigenvalue weighted by Crippen LogP contribution is -2.68. The first-order valence-electron chi connectivity index (χ1n) is 13.2. The van der Waals surface area contributed by atoms with E-state index in [1.54, 1.807) is 0 Å². The largest absolute Gasteiger partial charge is 0.481 e. The maximum atomic E-state index is 12.6. The Balaban J connectivity index is 1.06. The maximum absolute atomic E-state index is 12.6. The number of thiocarbonyl (C=S) groups is 2. The number of amides is 1. The Bertz CT molecular complexity index is 1890. The van der Waals surface area contributed by atoms with Crippen LogP contribution in [0.3, 0.4) is 0 Å². The number of H-pyrrole nitrogens is 1. The number of aromatic amines is 1. The van der Waals surface area contributed by atoms with Crippen LogP contribution in [0.4, 0.5) is 5.95 Å². The molecule has 0 bridgehead atoms. The summed E-state index contributed by atoms with van der Waals surface area (Å²) in [7, 11) is -10.8. The monoisotopic (exact) mass is 738 g/mol. The number of nitrogens with one attached hydrogen (secondary N) is 3. The number of aliphatic hydroxyl groups is 2. The minimum atomic E-state index is -5.39. The molecule has 0 saturated carbocycles. The van der Waals surface area contributed by atoms with E-state index in [-0.39, 0.29) is 38.6 Å². The summed E-state index contributed by atoms with van der Waals surface area (Å²) in [5.41, 5.74) is 10.2. The Morgan fingerprint density at radius 3 is 2.47 bits per heavy atom. The van der Waals surface area contributed by atoms with E-state index in [1.807, 2.05) is 0 Å². The highest BCUT2D eigenvalue weighted by Crippen LogP contribution is 2.60. The minimum Gasteiger partial charge on any atom is -0.387 e. The number of nitrogens with zero attached hydrogens (tertiary/aromatic N) is 5. The highest BCUT2D eigenvalue weighted by molar-refractivity contribution is 7.89. The highest BCUT2D eigenvalue weighted by atomic mass is 32.1. The average molecular weight is 739 g/mol. The van der Waals surface area contributed by atoms with Gasteiger partial charge in [-0.3, -0.25) is 38.8 Å². The number of imidazole rings is 1. The zero-order valence-corrected chi connectivity index (χ0v) is 26.6. The average Bonchev–Trinajstić information content (AvgIpc) is 3.52. The molecule has 4 aliphatic heterocycles. The van der Waals surface area contributed by atoms with Crippen molar-refractivity contribution in [1.29, 1.82) is 0 Å². The number of hydrogen-bond acceptors (Lipinski definition) is 20. The molecule has 2 aromatic heterocycles. The van der Waals surface area contributed by atoms with Crippen LogP contribution in [0.5, 0.6) is 0 Å². The minimum absolute atomic E-state index is 0.00232. The summed E-state index contributed by atoms with van der Waals surface area (Å²) in [6.07, 6.45) is -7.53. The number of carbonyl (C=O) groups is 1. The third-order valence-electron chi connectivity index (χ3n) is 7.08. The molecule has 1 amide bonds. The van der Waals surface area contributed by atoms with Gasteiger partial charge in [0.15, 0.2) is 29.5 Å². The van der Waals surface area contributed by atoms with Crippen molar-refractivity contribution in [2.75, 3.05) is 18.9 Å². The number of carbonyl (C=O) groups excluding carboxylic acids is 1. The van der Waals surface area contributed by atoms with Gasteiger partial charge in [-0.15, -0.1) is 0 Å². The van der Waals surface area contributed by atoms with E-state index >= 15 is 0 Å². The second-order valence-electron chi connectivity index (χ2n) is 10.2. The molecule has 4 aliphatic rings. The van der Waals surface area contributed by atoms with Crippen molar-refractivity contribution in [3.8, 4) is 0 Å². The van der Waals surface area contributed by atoms with Gasteiger partial charge in [0.05, 0.1) is 35.3 Å². The van der Waals surface area contributed by atoms with Crippen molar-refractivity contribution in [2.45, 2.75) is 49.0 Å². The molecular formula is C20H24N10O13P2S2. The predicted octanol–water partition coefficient (Wildman–Crippen LogP) is -3.78. The Morgan fingerprint density at radius 2 is 1.74 bits per heavy atom. The quantitative estimate of drug-likeness (QED) is 0.0880. The van der Waals surface area contributed by atoms with Crippen molar-refractivity contribution in [3.05, 3.63) is 16.7 Å². The Labute approximate surface area is 271 Å². The van der Waals surface area contributed by atoms with Gasteiger partial charge in [-0.05, 0) is 0 Å². The van der Waals surface area contributed by atoms with Gasteiger partial charge < -0.3 is 40.9 Å². The second kappa shape index (κ2) is 12.5. The second-order valence-corrected chi connectivity index (χ2v) is 14.2. The smallest absolute Gasteiger partial charge is 0.387 e. The molecule has 23 nitrogen and oxygen atoms in total. The van der Waals surface area contributed by atoms with Gasteiger partial charge in [0.25, 0.3) is 11.5 Å². The zero-order chi connectivity index (χ0) is 34.0. The van der Waals surface area contributed by atoms with E-state index in [0.29, 0.717) is 0 Å². The number of phosphoric acid groups is 2. The van der Waals surface area contributed by atoms with Crippen molar-refractivity contribution in [1.82, 2.24) is 30.2 Å². The number of aromatic nitrogens is 4. The van der Waals surface area contributed by atoms with Gasteiger partial charge in [0.2, 0.25) is 11.9 Å². The van der Waals surface area contributed by atoms with Crippen molar-refractivity contribution in [2.24, 2.45) is 15.7 Å². The number of aliphatic imine (C=N–C) groups is 2. The summed E-state index contributed by atoms with van der Waals surface area (Å²) in [4.78, 5) is 62.9. The summed E-state index contributed by atoms with van der Waals surface area (Å²) in [5, 5.41) is 26.2. The van der Waals surface area contributed by atoms with Crippen LogP contribution >= 0.6 is 40.1 Å². The number of aliphatic hydroxyl groups excluding tert-OH is 2. The van der Waals surface area contributed by atoms with E-state index in [2.05, 4.69) is 39.9 Å². The van der Waals surface area contributed by atoms with Crippen LogP contribution < -0.4 is 27.7 Å². The molecule has 47 heavy (non-hydrogen) atoms. The molecule has 2 fully saturated rings. The highest BCUT2D eigenvalue weighted by Gasteiger charge is 2.48. The first-order chi connectivity index (χ1) is 22.0. The predicted molar refractivity (Wildman–Crippen MR) is 163 cm³/mol. The fourth-order valence-electron chi connectivity index (χ4n) is 4.96. The molecule has 11 N–H and O–H groups in total. The van der Waals surface area contributed by atoms with E-state index in [4.69, 9.17) is 54.4 Å². The van der Waals surface area contributed by atoms with E-state index in [0.717, 1.165) is 10.9 Å². The van der Waals surface area contributed by atoms with Crippen molar-refractivity contribution < 1.29 is 56.8 Å². The third-order valence-corrected chi connectivity index (χ3v) is 10.8. The number of hydrogen-bond donors (Lipinski definition) is 9. The lowest BCUT2D eigenvalue weighted by Gasteiger charge is -2.41. The summed E-state index contributed by atoms with van der Waals surface area (Å²) in [6.45, 7) is -1.73. The van der Waals surface area contributed by atoms with Gasteiger partial charge in [-0.25, -0.2) is 19.1 Å². The van der Waals surface area contributed by atoms with E-state index in [9.17, 15) is 38.7 Å². The molecule has 6 heterocycles. The van der Waals surface area contributed by atoms with Crippen LogP contribution in [0.2, 0.25) is 0 Å². The first kappa shape index (κ1) is 33.9. The summed E-state index contributed by atoms with van der Waals surface area (Å²) in [5.74, 6) is -0.975. The zero-order valence-electron chi connectivity index (χ0n) is 23.2. The number of rotatable bonds is 9. The van der Waals surface area contributed by atoms with Crippen LogP contribution in [0.15, 0.2) is 21.1 Å². The number of anilines is 1. The Kier molecular flexibility index (Phi) is 8.99. The lowest BCUT2D eigenvalue weighted by atomic mass is 9.98. The molecular weight excluding hydrogens is 714 g/mol. The molecule has 254 valence electrons. The van der Waals surface area contributed by atoms with Crippen LogP contribution in [-0.2, 0) is 36.8 Å². The normalized spacial score (nSPS) is 33.3. The molecule has 2 saturated heterocycles. The molecule has 27 heteroatoms. The number of nitrogens with two attached hydrogens (primary N) is 2. The Morgan fingerprint density at radius 1 is 1.04 bits per heavy atom. The van der Waals surface area contributed by atoms with Crippen molar-refractivity contribution >= 4 is 84.6 Å². The van der Waals surface area contributed by atoms with Crippen LogP contribution in [0.1, 0.15) is 6.23 Å². The summed E-state index contributed by atoms with van der Waals surface area (Å²) in [6, 6.07) is -1.81. The number of guanidine groups is 1. The van der Waals surface area contributed by atoms with E-state index < -0.39 is 89.3 Å². The number of phosphoric ester groups is 2. The standard InChI is InChI=1S/C20H24N10O13P2S2/c21-19-26-13-7(15(33)28-19)24-6-12(47)11(46)5(41-17(6)25-13)2-40-45(37,38)43-44(35,36)39-1-4-9(31)10(32)18(42-4)30-3-23-8-14(30)27-20(22)29-16(8)34/h3-7,9-10,17-18,24,31-32H,1-2H2,(H,35,36)(H,37,38)(H3,22,27,29,34)(H3,21,25,26,28,33)/t4-,5-,6+,7?,9-,10-,17-,18-/m1/s1. The Hall–Kier alpha value is -3.00. The van der Waals surface area contributed by atoms with Gasteiger partial charge >= 0.3 is 15.6 Å². The molecule has 0 aliphatic carbocycles. The van der Waals surface area contributed by atoms with E-state index in [1.165, 1.54) is 0 Å². The lowest BCUT2D eigenvalue weighted by molar-refractivity contribution is -0.121. The van der Waals surface area contributed by atoms with Crippen LogP contribution in [0, 0.1) is 0 Å². The molecule has 0 spiro atoms. The van der Waals surface area contributed by atoms with Gasteiger partial charge in [-0.2, -0.15) is 14.3 Å². The van der Waals surface area contributed by atoms with Crippen LogP contribution in [0.25, 0.3) is 11.2 Å². The number of ether oxygens (including phenoxy) is 2. The molecule has 10 atom stereocenters. The summed E-state index contributed by atoms with van der Waals surface area (Å²) < 4.78 is 51.4. The SMILES string of the molecule is NC1=NC2=N[C@@H]3O[C@H](COP(=O)(O)OP(=O)(O)OC[C@H]4O[C@@H](n5cnc6c(=O)[nH]c(N)nc65)[C@H](O)[C@@H]4O)C(=S)C(=S)[C@@H]3NC2C(=O)N1. The van der Waals surface area contributed by atoms with Gasteiger partial charge in [0, 0.05) is 0 Å². The number of nitrogen functional groups attached to an aromatic ring is 1. The molecule has 3 unspecified atom stereocenters. The summed E-state index contributed by atoms with van der Waals surface area (Å²) >= 11 is 10.7. The molecule has 6 rings (SSSR count). The number of fused-ring (bicyclic) bond motifs is 3. The topological polar surface area (TPSA) is 343 Å². The van der Waals surface area contributed by atoms with Gasteiger partial charge in [-0.1, -0.05) is 24.4 Å². The van der Waals surface area contributed by atoms with Gasteiger partial charge in [0.1, 0.15) is 30.5 Å². The number of amidine groups is 1. The van der Waals surface area contributed by atoms with Crippen molar-refractivity contribution in [3.63, 3.8) is 0 Å². The first-order valence-corrected chi connectivity index (χ1v) is 17.0. The molecule has 0 aromatic carbocycles. The van der Waals surface area contributed by atoms with Crippen LogP contribution in [-0.4, -0.2) is 123 Å². The molecule has 2 aromatic rings. The third kappa shape index (κ3) is 6.68. The fourth-order valence-corrected chi connectivity index (χ4v) is 7.60. The fraction of sp³-hybridized carbons (Fsp3) is 0.500.